The Morgan fingerprint density at radius 2 is 1.95 bits per heavy atom. The molecule has 2 fully saturated rings. The molecule has 4 heterocycles. The van der Waals surface area contributed by atoms with E-state index in [0.717, 1.165) is 41.0 Å². The number of halogens is 1. The van der Waals surface area contributed by atoms with Gasteiger partial charge in [0.1, 0.15) is 11.3 Å². The van der Waals surface area contributed by atoms with Crippen LogP contribution in [-0.2, 0) is 22.5 Å². The average molecular weight is 571 g/mol. The van der Waals surface area contributed by atoms with Crippen LogP contribution in [0.4, 0.5) is 0 Å². The summed E-state index contributed by atoms with van der Waals surface area (Å²) >= 11 is 7.51. The highest BCUT2D eigenvalue weighted by Gasteiger charge is 2.53. The van der Waals surface area contributed by atoms with Gasteiger partial charge < -0.3 is 30.2 Å². The van der Waals surface area contributed by atoms with Crippen molar-refractivity contribution >= 4 is 51.6 Å². The van der Waals surface area contributed by atoms with Crippen LogP contribution in [0.25, 0.3) is 10.9 Å². The van der Waals surface area contributed by atoms with Crippen molar-refractivity contribution in [3.05, 3.63) is 50.6 Å². The van der Waals surface area contributed by atoms with E-state index in [0.29, 0.717) is 41.5 Å². The summed E-state index contributed by atoms with van der Waals surface area (Å²) in [6, 6.07) is 6.28. The number of methoxy groups -OCH3 is 1. The van der Waals surface area contributed by atoms with E-state index in [4.69, 9.17) is 16.3 Å². The van der Waals surface area contributed by atoms with Gasteiger partial charge in [-0.05, 0) is 50.6 Å². The highest BCUT2D eigenvalue weighted by Crippen LogP contribution is 2.41. The lowest BCUT2D eigenvalue weighted by Gasteiger charge is -2.40. The highest BCUT2D eigenvalue weighted by molar-refractivity contribution is 7.13. The van der Waals surface area contributed by atoms with Crippen molar-refractivity contribution in [1.29, 1.82) is 0 Å². The van der Waals surface area contributed by atoms with Crippen molar-refractivity contribution in [2.75, 3.05) is 33.8 Å². The quantitative estimate of drug-likeness (QED) is 0.419. The second-order valence-electron chi connectivity index (χ2n) is 10.7. The Balaban J connectivity index is 1.21. The number of fused-ring (bicyclic) bond motifs is 2. The number of piperidine rings is 1. The molecule has 206 valence electrons. The van der Waals surface area contributed by atoms with Gasteiger partial charge in [-0.15, -0.1) is 11.3 Å². The number of nitrogens with zero attached hydrogens (tertiary/aromatic N) is 3. The van der Waals surface area contributed by atoms with E-state index in [1.165, 1.54) is 11.3 Å². The van der Waals surface area contributed by atoms with Crippen LogP contribution in [0.2, 0.25) is 5.02 Å². The second-order valence-corrected chi connectivity index (χ2v) is 12.2. The molecule has 1 aliphatic carbocycles. The first kappa shape index (κ1) is 26.2. The summed E-state index contributed by atoms with van der Waals surface area (Å²) in [4.78, 5) is 52.7. The van der Waals surface area contributed by atoms with E-state index >= 15 is 0 Å². The smallest absolute Gasteiger partial charge is 0.280 e. The maximum absolute atomic E-state index is 13.4. The summed E-state index contributed by atoms with van der Waals surface area (Å²) < 4.78 is 5.52. The lowest BCUT2D eigenvalue weighted by molar-refractivity contribution is -0.146. The molecule has 3 aliphatic rings. The van der Waals surface area contributed by atoms with Crippen LogP contribution in [0.15, 0.2) is 24.3 Å². The highest BCUT2D eigenvalue weighted by atomic mass is 35.5. The second kappa shape index (κ2) is 10.2. The molecule has 6 rings (SSSR count). The number of hydrogen-bond donors (Lipinski definition) is 3. The van der Waals surface area contributed by atoms with Crippen molar-refractivity contribution in [2.24, 2.45) is 0 Å². The zero-order chi connectivity index (χ0) is 27.3. The van der Waals surface area contributed by atoms with Gasteiger partial charge in [0.05, 0.1) is 17.8 Å². The monoisotopic (exact) mass is 570 g/mol. The van der Waals surface area contributed by atoms with Crippen LogP contribution < -0.4 is 10.6 Å². The topological polar surface area (TPSA) is 120 Å². The van der Waals surface area contributed by atoms with Gasteiger partial charge in [0.15, 0.2) is 5.01 Å². The Morgan fingerprint density at radius 1 is 1.15 bits per heavy atom. The first-order valence-corrected chi connectivity index (χ1v) is 14.4. The van der Waals surface area contributed by atoms with Gasteiger partial charge in [0, 0.05) is 60.5 Å². The molecule has 0 spiro atoms. The van der Waals surface area contributed by atoms with Crippen molar-refractivity contribution < 1.29 is 19.1 Å². The van der Waals surface area contributed by atoms with Gasteiger partial charge in [-0.1, -0.05) is 11.6 Å². The normalized spacial score (nSPS) is 22.4. The molecule has 2 aromatic heterocycles. The number of likely N-dealkylation sites (tertiary alicyclic amines) is 1. The summed E-state index contributed by atoms with van der Waals surface area (Å²) in [7, 11) is 3.62. The number of nitrogens with one attached hydrogen (secondary N) is 3. The molecule has 2 atom stereocenters. The molecule has 1 saturated heterocycles. The molecular weight excluding hydrogens is 540 g/mol. The molecule has 3 aromatic rings. The van der Waals surface area contributed by atoms with Gasteiger partial charge in [-0.2, -0.15) is 0 Å². The van der Waals surface area contributed by atoms with Crippen LogP contribution >= 0.6 is 22.9 Å². The Bertz CT molecular complexity index is 1450. The van der Waals surface area contributed by atoms with Crippen LogP contribution in [0.1, 0.15) is 50.1 Å². The van der Waals surface area contributed by atoms with E-state index in [9.17, 15) is 14.4 Å². The largest absolute Gasteiger partial charge is 0.368 e. The van der Waals surface area contributed by atoms with Crippen LogP contribution in [0.5, 0.6) is 0 Å². The Morgan fingerprint density at radius 3 is 2.72 bits per heavy atom. The van der Waals surface area contributed by atoms with E-state index in [1.807, 2.05) is 6.07 Å². The molecule has 0 unspecified atom stereocenters. The number of thiazole rings is 1. The molecule has 0 radical (unpaired) electrons. The zero-order valence-electron chi connectivity index (χ0n) is 21.9. The maximum Gasteiger partial charge on any atom is 0.280 e. The molecule has 10 nitrogen and oxygen atoms in total. The van der Waals surface area contributed by atoms with Crippen molar-refractivity contribution in [2.45, 2.75) is 49.9 Å². The van der Waals surface area contributed by atoms with Crippen LogP contribution in [0, 0.1) is 0 Å². The number of aromatic nitrogens is 2. The first-order chi connectivity index (χ1) is 18.7. The lowest BCUT2D eigenvalue weighted by atomic mass is 9.97. The van der Waals surface area contributed by atoms with Gasteiger partial charge >= 0.3 is 0 Å². The van der Waals surface area contributed by atoms with Gasteiger partial charge in [-0.3, -0.25) is 14.4 Å². The third-order valence-electron chi connectivity index (χ3n) is 7.96. The van der Waals surface area contributed by atoms with Gasteiger partial charge in [-0.25, -0.2) is 4.98 Å². The summed E-state index contributed by atoms with van der Waals surface area (Å²) in [6.07, 6.45) is 2.70. The van der Waals surface area contributed by atoms with E-state index in [2.05, 4.69) is 32.5 Å². The number of H-pyrrole nitrogens is 1. The molecule has 0 bridgehead atoms. The minimum Gasteiger partial charge on any atom is -0.368 e. The van der Waals surface area contributed by atoms with Crippen LogP contribution in [-0.4, -0.2) is 89.0 Å². The van der Waals surface area contributed by atoms with Crippen LogP contribution in [0.3, 0.4) is 0 Å². The van der Waals surface area contributed by atoms with Crippen molar-refractivity contribution in [1.82, 2.24) is 30.4 Å². The predicted molar refractivity (Wildman–Crippen MR) is 148 cm³/mol. The minimum atomic E-state index is -0.753. The maximum atomic E-state index is 13.4. The molecular formula is C27H31ClN6O4S. The van der Waals surface area contributed by atoms with E-state index < -0.39 is 11.6 Å². The number of amides is 3. The number of ether oxygens (including phenoxy) is 1. The molecule has 3 amide bonds. The Kier molecular flexibility index (Phi) is 6.86. The zero-order valence-corrected chi connectivity index (χ0v) is 23.5. The molecule has 1 aromatic carbocycles. The average Bonchev–Trinajstić information content (AvgIpc) is 3.42. The summed E-state index contributed by atoms with van der Waals surface area (Å²) in [6.45, 7) is 2.42. The summed E-state index contributed by atoms with van der Waals surface area (Å²) in [5, 5.41) is 8.02. The number of aromatic amines is 1. The fourth-order valence-electron chi connectivity index (χ4n) is 5.48. The molecule has 2 aliphatic heterocycles. The fraction of sp³-hybridized carbons (Fsp3) is 0.481. The number of hydrogen-bond acceptors (Lipinski definition) is 7. The van der Waals surface area contributed by atoms with E-state index in [1.54, 1.807) is 30.2 Å². The molecule has 1 saturated carbocycles. The number of likely N-dealkylation sites (N-methyl/N-ethyl adjacent to an activating group) is 1. The Hall–Kier alpha value is -2.99. The number of benzene rings is 1. The van der Waals surface area contributed by atoms with Gasteiger partial charge in [0.2, 0.25) is 0 Å². The third kappa shape index (κ3) is 5.16. The molecule has 39 heavy (non-hydrogen) atoms. The molecule has 12 heteroatoms. The Labute approximate surface area is 235 Å². The number of rotatable bonds is 6. The molecule has 3 N–H and O–H groups in total. The number of carbonyl (C=O) groups excluding carboxylic acids is 3. The summed E-state index contributed by atoms with van der Waals surface area (Å²) in [5.41, 5.74) is 1.44. The van der Waals surface area contributed by atoms with Gasteiger partial charge in [0.25, 0.3) is 17.7 Å². The minimum absolute atomic E-state index is 0.0609. The SMILES string of the molecule is COC1(C(=O)N2CC[C@H](NC(=O)c3cc4cc(Cl)ccc4[nH]3)[C@H](NC(=O)c3nc4c(s3)CN(C)CC4)C2)CC1. The standard InChI is InChI=1S/C27H31ClN6O4S/c1-33-9-5-19-22(14-33)39-25(32-19)24(36)31-21-13-34(26(37)27(38-2)7-8-27)10-6-18(21)30-23(35)20-12-15-11-16(28)3-4-17(15)29-20/h3-4,11-12,18,21,29H,5-10,13-14H2,1-2H3,(H,30,35)(H,31,36)/t18-,21+/m0/s1. The predicted octanol–water partition coefficient (Wildman–Crippen LogP) is 2.57. The third-order valence-corrected chi connectivity index (χ3v) is 9.28. The first-order valence-electron chi connectivity index (χ1n) is 13.2. The van der Waals surface area contributed by atoms with Crippen molar-refractivity contribution in [3.63, 3.8) is 0 Å². The fourth-order valence-corrected chi connectivity index (χ4v) is 6.76. The van der Waals surface area contributed by atoms with Crippen molar-refractivity contribution in [3.8, 4) is 0 Å². The number of carbonyl (C=O) groups is 3. The van der Waals surface area contributed by atoms with E-state index in [-0.39, 0.29) is 30.3 Å². The summed E-state index contributed by atoms with van der Waals surface area (Å²) in [5.74, 6) is -0.632. The lowest BCUT2D eigenvalue weighted by Crippen LogP contribution is -2.62.